The van der Waals surface area contributed by atoms with Gasteiger partial charge in [-0.15, -0.1) is 0 Å². The topological polar surface area (TPSA) is 72.5 Å². The molecule has 24 heavy (non-hydrogen) atoms. The van der Waals surface area contributed by atoms with Crippen LogP contribution in [0, 0.1) is 0 Å². The van der Waals surface area contributed by atoms with Gasteiger partial charge in [0.15, 0.2) is 0 Å². The van der Waals surface area contributed by atoms with Gasteiger partial charge >= 0.3 is 5.97 Å². The zero-order valence-electron chi connectivity index (χ0n) is 12.3. The number of hydrogen-bond acceptors (Lipinski definition) is 4. The van der Waals surface area contributed by atoms with Gasteiger partial charge in [-0.1, -0.05) is 34.8 Å². The highest BCUT2D eigenvalue weighted by molar-refractivity contribution is 7.92. The van der Waals surface area contributed by atoms with E-state index >= 15 is 0 Å². The molecule has 5 nitrogen and oxygen atoms in total. The van der Waals surface area contributed by atoms with Crippen LogP contribution in [0.3, 0.4) is 0 Å². The lowest BCUT2D eigenvalue weighted by Crippen LogP contribution is -2.14. The Kier molecular flexibility index (Phi) is 5.98. The van der Waals surface area contributed by atoms with Crippen molar-refractivity contribution in [2.75, 3.05) is 11.3 Å². The van der Waals surface area contributed by atoms with Gasteiger partial charge < -0.3 is 4.74 Å². The van der Waals surface area contributed by atoms with Crippen molar-refractivity contribution in [3.8, 4) is 0 Å². The van der Waals surface area contributed by atoms with E-state index in [-0.39, 0.29) is 37.8 Å². The number of halogens is 3. The fraction of sp³-hybridized carbons (Fsp3) is 0.133. The quantitative estimate of drug-likeness (QED) is 0.732. The molecule has 0 heterocycles. The Morgan fingerprint density at radius 2 is 1.75 bits per heavy atom. The molecule has 2 aromatic rings. The Bertz CT molecular complexity index is 884. The molecule has 0 atom stereocenters. The molecule has 0 amide bonds. The molecule has 0 aliphatic carbocycles. The highest BCUT2D eigenvalue weighted by Gasteiger charge is 2.20. The van der Waals surface area contributed by atoms with Crippen molar-refractivity contribution in [2.24, 2.45) is 0 Å². The average molecular weight is 409 g/mol. The molecule has 9 heteroatoms. The van der Waals surface area contributed by atoms with Crippen LogP contribution < -0.4 is 4.72 Å². The fourth-order valence-electron chi connectivity index (χ4n) is 1.85. The van der Waals surface area contributed by atoms with Gasteiger partial charge in [-0.2, -0.15) is 0 Å². The first-order valence-electron chi connectivity index (χ1n) is 6.69. The Morgan fingerprint density at radius 3 is 2.42 bits per heavy atom. The molecule has 0 bridgehead atoms. The van der Waals surface area contributed by atoms with Gasteiger partial charge in [-0.25, -0.2) is 13.2 Å². The molecule has 0 fully saturated rings. The van der Waals surface area contributed by atoms with Gasteiger partial charge in [0.2, 0.25) is 0 Å². The van der Waals surface area contributed by atoms with E-state index < -0.39 is 16.0 Å². The van der Waals surface area contributed by atoms with Gasteiger partial charge in [0.05, 0.1) is 22.2 Å². The first-order chi connectivity index (χ1) is 11.2. The van der Waals surface area contributed by atoms with Gasteiger partial charge in [-0.05, 0) is 43.3 Å². The maximum atomic E-state index is 12.5. The minimum atomic E-state index is -4.00. The van der Waals surface area contributed by atoms with Crippen LogP contribution in [-0.2, 0) is 14.8 Å². The van der Waals surface area contributed by atoms with Crippen LogP contribution in [0.5, 0.6) is 0 Å². The van der Waals surface area contributed by atoms with E-state index in [4.69, 9.17) is 39.5 Å². The Morgan fingerprint density at radius 1 is 1.08 bits per heavy atom. The molecule has 1 N–H and O–H groups in total. The summed E-state index contributed by atoms with van der Waals surface area (Å²) in [4.78, 5) is 11.7. The van der Waals surface area contributed by atoms with Crippen LogP contribution in [-0.4, -0.2) is 21.0 Å². The zero-order valence-corrected chi connectivity index (χ0v) is 15.4. The van der Waals surface area contributed by atoms with E-state index in [1.807, 2.05) is 0 Å². The molecule has 0 saturated carbocycles. The molecular weight excluding hydrogens is 397 g/mol. The number of esters is 1. The number of hydrogen-bond donors (Lipinski definition) is 1. The van der Waals surface area contributed by atoms with Crippen molar-refractivity contribution in [2.45, 2.75) is 11.8 Å². The molecular formula is C15H12Cl3NO4S. The van der Waals surface area contributed by atoms with Gasteiger partial charge in [0.1, 0.15) is 4.90 Å². The molecule has 2 aromatic carbocycles. The number of rotatable bonds is 5. The number of carbonyl (C=O) groups is 1. The lowest BCUT2D eigenvalue weighted by Gasteiger charge is -2.11. The molecule has 0 aliphatic rings. The van der Waals surface area contributed by atoms with E-state index in [1.54, 1.807) is 6.92 Å². The van der Waals surface area contributed by atoms with Crippen LogP contribution in [0.4, 0.5) is 5.69 Å². The molecule has 0 saturated heterocycles. The van der Waals surface area contributed by atoms with Crippen LogP contribution in [0.2, 0.25) is 15.1 Å². The SMILES string of the molecule is CCOC(=O)c1cc(NS(=O)(=O)c2cc(Cl)ccc2Cl)ccc1Cl. The normalized spacial score (nSPS) is 11.2. The lowest BCUT2D eigenvalue weighted by atomic mass is 10.2. The third-order valence-corrected chi connectivity index (χ3v) is 5.32. The van der Waals surface area contributed by atoms with Crippen molar-refractivity contribution in [3.05, 3.63) is 57.0 Å². The molecule has 0 aliphatic heterocycles. The molecule has 128 valence electrons. The highest BCUT2D eigenvalue weighted by Crippen LogP contribution is 2.28. The number of anilines is 1. The van der Waals surface area contributed by atoms with E-state index in [2.05, 4.69) is 4.72 Å². The van der Waals surface area contributed by atoms with Gasteiger partial charge in [-0.3, -0.25) is 4.72 Å². The molecule has 0 radical (unpaired) electrons. The molecule has 0 unspecified atom stereocenters. The number of ether oxygens (including phenoxy) is 1. The highest BCUT2D eigenvalue weighted by atomic mass is 35.5. The summed E-state index contributed by atoms with van der Waals surface area (Å²) in [6, 6.07) is 8.19. The van der Waals surface area contributed by atoms with Crippen LogP contribution in [0.15, 0.2) is 41.3 Å². The predicted molar refractivity (Wildman–Crippen MR) is 94.7 cm³/mol. The Hall–Kier alpha value is -1.47. The summed E-state index contributed by atoms with van der Waals surface area (Å²) in [7, 11) is -4.00. The lowest BCUT2D eigenvalue weighted by molar-refractivity contribution is 0.0526. The Labute approximate surface area is 154 Å². The largest absolute Gasteiger partial charge is 0.462 e. The van der Waals surface area contributed by atoms with E-state index in [0.29, 0.717) is 0 Å². The number of benzene rings is 2. The predicted octanol–water partition coefficient (Wildman–Crippen LogP) is 4.62. The average Bonchev–Trinajstić information content (AvgIpc) is 2.51. The summed E-state index contributed by atoms with van der Waals surface area (Å²) < 4.78 is 32.1. The minimum Gasteiger partial charge on any atom is -0.462 e. The van der Waals surface area contributed by atoms with E-state index in [9.17, 15) is 13.2 Å². The minimum absolute atomic E-state index is 0.0199. The van der Waals surface area contributed by atoms with Crippen LogP contribution >= 0.6 is 34.8 Å². The van der Waals surface area contributed by atoms with Crippen molar-refractivity contribution < 1.29 is 17.9 Å². The summed E-state index contributed by atoms with van der Waals surface area (Å²) in [6.07, 6.45) is 0. The second-order valence-corrected chi connectivity index (χ2v) is 7.50. The first kappa shape index (κ1) is 18.9. The molecule has 0 aromatic heterocycles. The molecule has 2 rings (SSSR count). The smallest absolute Gasteiger partial charge is 0.339 e. The van der Waals surface area contributed by atoms with Gasteiger partial charge in [0.25, 0.3) is 10.0 Å². The van der Waals surface area contributed by atoms with Crippen molar-refractivity contribution >= 4 is 56.5 Å². The van der Waals surface area contributed by atoms with Crippen LogP contribution in [0.25, 0.3) is 0 Å². The zero-order chi connectivity index (χ0) is 17.9. The van der Waals surface area contributed by atoms with Crippen molar-refractivity contribution in [3.63, 3.8) is 0 Å². The van der Waals surface area contributed by atoms with Crippen LogP contribution in [0.1, 0.15) is 17.3 Å². The second-order valence-electron chi connectivity index (χ2n) is 4.60. The second kappa shape index (κ2) is 7.61. The number of nitrogens with one attached hydrogen (secondary N) is 1. The third kappa shape index (κ3) is 4.33. The van der Waals surface area contributed by atoms with E-state index in [1.165, 1.54) is 36.4 Å². The monoisotopic (exact) mass is 407 g/mol. The maximum absolute atomic E-state index is 12.5. The van der Waals surface area contributed by atoms with E-state index in [0.717, 1.165) is 0 Å². The van der Waals surface area contributed by atoms with Gasteiger partial charge in [0, 0.05) is 10.7 Å². The number of carbonyl (C=O) groups excluding carboxylic acids is 1. The summed E-state index contributed by atoms with van der Waals surface area (Å²) in [5.41, 5.74) is 0.189. The maximum Gasteiger partial charge on any atom is 0.339 e. The molecule has 0 spiro atoms. The fourth-order valence-corrected chi connectivity index (χ4v) is 3.86. The standard InChI is InChI=1S/C15H12Cl3NO4S/c1-2-23-15(20)11-8-10(4-6-12(11)17)19-24(21,22)14-7-9(16)3-5-13(14)18/h3-8,19H,2H2,1H3. The number of sulfonamides is 1. The summed E-state index contributed by atoms with van der Waals surface area (Å²) >= 11 is 17.7. The summed E-state index contributed by atoms with van der Waals surface area (Å²) in [5.74, 6) is -0.649. The van der Waals surface area contributed by atoms with Crippen molar-refractivity contribution in [1.82, 2.24) is 0 Å². The summed E-state index contributed by atoms with van der Waals surface area (Å²) in [5, 5.41) is 0.395. The summed E-state index contributed by atoms with van der Waals surface area (Å²) in [6.45, 7) is 1.82. The first-order valence-corrected chi connectivity index (χ1v) is 9.31. The van der Waals surface area contributed by atoms with Crippen molar-refractivity contribution in [1.29, 1.82) is 0 Å². The third-order valence-electron chi connectivity index (χ3n) is 2.90. The Balaban J connectivity index is 2.38.